The second-order valence-electron chi connectivity index (χ2n) is 7.65. The van der Waals surface area contributed by atoms with Crippen molar-refractivity contribution in [2.45, 2.75) is 12.8 Å². The van der Waals surface area contributed by atoms with Gasteiger partial charge in [0.25, 0.3) is 0 Å². The summed E-state index contributed by atoms with van der Waals surface area (Å²) in [6.45, 7) is 0.153. The third-order valence-electron chi connectivity index (χ3n) is 6.19. The zero-order valence-corrected chi connectivity index (χ0v) is 14.8. The minimum Gasteiger partial charge on any atom is -0.325 e. The molecule has 5 nitrogen and oxygen atoms in total. The highest BCUT2D eigenvalue weighted by Crippen LogP contribution is 2.52. The van der Waals surface area contributed by atoms with E-state index >= 15 is 0 Å². The van der Waals surface area contributed by atoms with Crippen LogP contribution >= 0.6 is 0 Å². The Bertz CT molecular complexity index is 961. The van der Waals surface area contributed by atoms with E-state index in [1.165, 1.54) is 4.90 Å². The van der Waals surface area contributed by atoms with Gasteiger partial charge in [0, 0.05) is 24.0 Å². The monoisotopic (exact) mass is 360 g/mol. The average molecular weight is 360 g/mol. The fourth-order valence-electron chi connectivity index (χ4n) is 4.94. The SMILES string of the molecule is O=C(CCN1C(=O)[C@@H]2[C@@H](C1=O)[C@H]1C=C[C@H]2C1)Nc1cccc2ccccc12. The van der Waals surface area contributed by atoms with Crippen LogP contribution in [-0.4, -0.2) is 29.2 Å². The van der Waals surface area contributed by atoms with Crippen LogP contribution in [0.15, 0.2) is 54.6 Å². The second kappa shape index (κ2) is 6.05. The molecule has 2 aromatic carbocycles. The lowest BCUT2D eigenvalue weighted by atomic mass is 9.85. The number of hydrogen-bond donors (Lipinski definition) is 1. The number of anilines is 1. The van der Waals surface area contributed by atoms with Crippen molar-refractivity contribution < 1.29 is 14.4 Å². The Labute approximate surface area is 157 Å². The maximum atomic E-state index is 12.7. The Hall–Kier alpha value is -2.95. The average Bonchev–Trinajstić information content (AvgIpc) is 3.35. The summed E-state index contributed by atoms with van der Waals surface area (Å²) in [6, 6.07) is 13.6. The van der Waals surface area contributed by atoms with Crippen molar-refractivity contribution in [2.24, 2.45) is 23.7 Å². The second-order valence-corrected chi connectivity index (χ2v) is 7.65. The molecule has 27 heavy (non-hydrogen) atoms. The Morgan fingerprint density at radius 1 is 0.963 bits per heavy atom. The summed E-state index contributed by atoms with van der Waals surface area (Å²) in [5.74, 6) is -0.385. The zero-order valence-electron chi connectivity index (χ0n) is 14.8. The van der Waals surface area contributed by atoms with Gasteiger partial charge >= 0.3 is 0 Å². The van der Waals surface area contributed by atoms with Gasteiger partial charge in [0.05, 0.1) is 11.8 Å². The summed E-state index contributed by atoms with van der Waals surface area (Å²) < 4.78 is 0. The number of amides is 3. The molecule has 2 aromatic rings. The van der Waals surface area contributed by atoms with Crippen LogP contribution in [0, 0.1) is 23.7 Å². The normalized spacial score (nSPS) is 28.2. The highest BCUT2D eigenvalue weighted by atomic mass is 16.2. The molecule has 3 amide bonds. The number of hydrogen-bond acceptors (Lipinski definition) is 3. The van der Waals surface area contributed by atoms with Gasteiger partial charge in [-0.3, -0.25) is 19.3 Å². The van der Waals surface area contributed by atoms with Crippen molar-refractivity contribution in [1.82, 2.24) is 4.90 Å². The molecule has 4 atom stereocenters. The number of rotatable bonds is 4. The van der Waals surface area contributed by atoms with Crippen LogP contribution in [0.2, 0.25) is 0 Å². The minimum atomic E-state index is -0.200. The van der Waals surface area contributed by atoms with Gasteiger partial charge in [-0.25, -0.2) is 0 Å². The molecule has 1 aliphatic heterocycles. The maximum absolute atomic E-state index is 12.7. The van der Waals surface area contributed by atoms with Gasteiger partial charge in [-0.05, 0) is 29.7 Å². The van der Waals surface area contributed by atoms with Gasteiger partial charge in [0.1, 0.15) is 0 Å². The molecular weight excluding hydrogens is 340 g/mol. The summed E-state index contributed by atoms with van der Waals surface area (Å²) in [4.78, 5) is 39.1. The number of likely N-dealkylation sites (tertiary alicyclic amines) is 1. The van der Waals surface area contributed by atoms with Crippen molar-refractivity contribution in [2.75, 3.05) is 11.9 Å². The van der Waals surface area contributed by atoms with E-state index < -0.39 is 0 Å². The van der Waals surface area contributed by atoms with E-state index in [-0.39, 0.29) is 54.4 Å². The Morgan fingerprint density at radius 3 is 2.37 bits per heavy atom. The van der Waals surface area contributed by atoms with Crippen LogP contribution in [-0.2, 0) is 14.4 Å². The van der Waals surface area contributed by atoms with E-state index in [2.05, 4.69) is 17.5 Å². The zero-order chi connectivity index (χ0) is 18.5. The molecule has 2 bridgehead atoms. The molecule has 3 aliphatic rings. The molecular formula is C22H20N2O3. The number of benzene rings is 2. The summed E-state index contributed by atoms with van der Waals surface area (Å²) in [5.41, 5.74) is 0.747. The van der Waals surface area contributed by atoms with E-state index in [0.29, 0.717) is 0 Å². The highest BCUT2D eigenvalue weighted by molar-refractivity contribution is 6.07. The van der Waals surface area contributed by atoms with Gasteiger partial charge in [0.15, 0.2) is 0 Å². The van der Waals surface area contributed by atoms with Crippen molar-refractivity contribution in [3.05, 3.63) is 54.6 Å². The smallest absolute Gasteiger partial charge is 0.233 e. The van der Waals surface area contributed by atoms with Gasteiger partial charge in [-0.15, -0.1) is 0 Å². The first-order chi connectivity index (χ1) is 13.1. The standard InChI is InChI=1S/C22H20N2O3/c25-18(23-17-7-3-5-13-4-1-2-6-16(13)17)10-11-24-21(26)19-14-8-9-15(12-14)20(19)22(24)27/h1-9,14-15,19-20H,10-12H2,(H,23,25)/t14-,15-,19-,20-/m0/s1. The first kappa shape index (κ1) is 16.2. The third kappa shape index (κ3) is 2.49. The van der Waals surface area contributed by atoms with Crippen LogP contribution in [0.4, 0.5) is 5.69 Å². The van der Waals surface area contributed by atoms with Crippen molar-refractivity contribution in [3.63, 3.8) is 0 Å². The quantitative estimate of drug-likeness (QED) is 0.673. The molecule has 5 rings (SSSR count). The molecule has 136 valence electrons. The van der Waals surface area contributed by atoms with Gasteiger partial charge < -0.3 is 5.32 Å². The molecule has 5 heteroatoms. The Morgan fingerprint density at radius 2 is 1.63 bits per heavy atom. The van der Waals surface area contributed by atoms with Gasteiger partial charge in [0.2, 0.25) is 17.7 Å². The molecule has 1 saturated heterocycles. The van der Waals surface area contributed by atoms with Crippen LogP contribution < -0.4 is 5.32 Å². The van der Waals surface area contributed by atoms with Crippen LogP contribution in [0.1, 0.15) is 12.8 Å². The molecule has 1 N–H and O–H groups in total. The lowest BCUT2D eigenvalue weighted by Gasteiger charge is -2.17. The largest absolute Gasteiger partial charge is 0.325 e. The number of carbonyl (C=O) groups is 3. The lowest BCUT2D eigenvalue weighted by molar-refractivity contribution is -0.140. The van der Waals surface area contributed by atoms with Crippen LogP contribution in [0.3, 0.4) is 0 Å². The van der Waals surface area contributed by atoms with Crippen molar-refractivity contribution >= 4 is 34.2 Å². The first-order valence-electron chi connectivity index (χ1n) is 9.44. The number of imide groups is 1. The minimum absolute atomic E-state index is 0.0974. The molecule has 0 aromatic heterocycles. The topological polar surface area (TPSA) is 66.5 Å². The highest BCUT2D eigenvalue weighted by Gasteiger charge is 2.58. The fourth-order valence-corrected chi connectivity index (χ4v) is 4.94. The molecule has 2 fully saturated rings. The molecule has 1 saturated carbocycles. The van der Waals surface area contributed by atoms with Crippen LogP contribution in [0.25, 0.3) is 10.8 Å². The van der Waals surface area contributed by atoms with E-state index in [1.54, 1.807) is 0 Å². The number of carbonyl (C=O) groups excluding carboxylic acids is 3. The van der Waals surface area contributed by atoms with Gasteiger partial charge in [-0.1, -0.05) is 48.6 Å². The van der Waals surface area contributed by atoms with Crippen LogP contribution in [0.5, 0.6) is 0 Å². The summed E-state index contributed by atoms with van der Waals surface area (Å²) in [7, 11) is 0. The van der Waals surface area contributed by atoms with Gasteiger partial charge in [-0.2, -0.15) is 0 Å². The fraction of sp³-hybridized carbons (Fsp3) is 0.318. The molecule has 1 heterocycles. The Kier molecular flexibility index (Phi) is 3.64. The summed E-state index contributed by atoms with van der Waals surface area (Å²) in [6.07, 6.45) is 5.19. The van der Waals surface area contributed by atoms with E-state index in [0.717, 1.165) is 22.9 Å². The number of nitrogens with one attached hydrogen (secondary N) is 1. The lowest BCUT2D eigenvalue weighted by Crippen LogP contribution is -2.35. The van der Waals surface area contributed by atoms with E-state index in [4.69, 9.17) is 0 Å². The molecule has 0 unspecified atom stereocenters. The Balaban J connectivity index is 1.26. The van der Waals surface area contributed by atoms with E-state index in [9.17, 15) is 14.4 Å². The predicted octanol–water partition coefficient (Wildman–Crippen LogP) is 2.98. The maximum Gasteiger partial charge on any atom is 0.233 e. The molecule has 0 radical (unpaired) electrons. The third-order valence-corrected chi connectivity index (χ3v) is 6.19. The number of nitrogens with zero attached hydrogens (tertiary/aromatic N) is 1. The van der Waals surface area contributed by atoms with E-state index in [1.807, 2.05) is 42.5 Å². The first-order valence-corrected chi connectivity index (χ1v) is 9.44. The summed E-state index contributed by atoms with van der Waals surface area (Å²) >= 11 is 0. The molecule has 0 spiro atoms. The number of fused-ring (bicyclic) bond motifs is 6. The summed E-state index contributed by atoms with van der Waals surface area (Å²) in [5, 5.41) is 4.94. The number of allylic oxidation sites excluding steroid dienone is 2. The predicted molar refractivity (Wildman–Crippen MR) is 102 cm³/mol. The van der Waals surface area contributed by atoms with Crippen molar-refractivity contribution in [1.29, 1.82) is 0 Å². The van der Waals surface area contributed by atoms with Crippen molar-refractivity contribution in [3.8, 4) is 0 Å². The molecule has 2 aliphatic carbocycles.